The van der Waals surface area contributed by atoms with Gasteiger partial charge in [0.25, 0.3) is 0 Å². The fraction of sp³-hybridized carbons (Fsp3) is 1.00. The van der Waals surface area contributed by atoms with Crippen molar-refractivity contribution in [1.29, 1.82) is 0 Å². The average molecular weight is 819 g/mol. The Morgan fingerprint density at radius 3 is 1.02 bits per heavy atom. The van der Waals surface area contributed by atoms with Gasteiger partial charge in [0.2, 0.25) is 0 Å². The summed E-state index contributed by atoms with van der Waals surface area (Å²) in [6, 6.07) is 0.672. The van der Waals surface area contributed by atoms with Crippen LogP contribution in [0.4, 0.5) is 0 Å². The average Bonchev–Trinajstić information content (AvgIpc) is 3.21. The summed E-state index contributed by atoms with van der Waals surface area (Å²) in [6.07, 6.45) is 64.5. The summed E-state index contributed by atoms with van der Waals surface area (Å²) in [6.45, 7) is 13.3. The second-order valence-electron chi connectivity index (χ2n) is 20.4. The van der Waals surface area contributed by atoms with E-state index in [1.807, 2.05) is 0 Å². The van der Waals surface area contributed by atoms with Crippen molar-refractivity contribution in [3.63, 3.8) is 0 Å². The Kier molecular flexibility index (Phi) is 49.5. The van der Waals surface area contributed by atoms with Crippen molar-refractivity contribution in [2.24, 2.45) is 17.8 Å². The molecule has 0 saturated heterocycles. The summed E-state index contributed by atoms with van der Waals surface area (Å²) < 4.78 is 0. The van der Waals surface area contributed by atoms with Crippen molar-refractivity contribution in [2.45, 2.75) is 330 Å². The van der Waals surface area contributed by atoms with Gasteiger partial charge in [-0.15, -0.1) is 0 Å². The highest BCUT2D eigenvalue weighted by molar-refractivity contribution is 4.71. The molecule has 0 saturated carbocycles. The number of hydrogen-bond acceptors (Lipinski definition) is 2. The van der Waals surface area contributed by atoms with Crippen LogP contribution in [0.25, 0.3) is 0 Å². The van der Waals surface area contributed by atoms with Crippen molar-refractivity contribution in [3.8, 4) is 0 Å². The second-order valence-corrected chi connectivity index (χ2v) is 20.4. The van der Waals surface area contributed by atoms with Gasteiger partial charge in [0.1, 0.15) is 0 Å². The minimum atomic E-state index is 0.333. The molecule has 0 radical (unpaired) electrons. The van der Waals surface area contributed by atoms with Crippen LogP contribution in [0, 0.1) is 17.8 Å². The number of aliphatic hydroxyl groups is 1. The molecule has 58 heavy (non-hydrogen) atoms. The van der Waals surface area contributed by atoms with Crippen LogP contribution in [0.1, 0.15) is 324 Å². The van der Waals surface area contributed by atoms with Crippen molar-refractivity contribution in [2.75, 3.05) is 13.2 Å². The number of unbranched alkanes of at least 4 members (excludes halogenated alkanes) is 32. The molecule has 2 atom stereocenters. The van der Waals surface area contributed by atoms with Gasteiger partial charge in [-0.1, -0.05) is 291 Å². The molecule has 0 rings (SSSR count). The molecule has 0 aromatic carbocycles. The maximum Gasteiger partial charge on any atom is 0.0431 e. The van der Waals surface area contributed by atoms with Gasteiger partial charge in [-0.2, -0.15) is 0 Å². The van der Waals surface area contributed by atoms with Crippen LogP contribution in [-0.4, -0.2) is 24.3 Å². The molecule has 0 spiro atoms. The molecule has 2 N–H and O–H groups in total. The highest BCUT2D eigenvalue weighted by Gasteiger charge is 2.13. The summed E-state index contributed by atoms with van der Waals surface area (Å²) in [5.41, 5.74) is 0. The van der Waals surface area contributed by atoms with Gasteiger partial charge in [-0.05, 0) is 56.4 Å². The van der Waals surface area contributed by atoms with E-state index < -0.39 is 0 Å². The third kappa shape index (κ3) is 47.0. The van der Waals surface area contributed by atoms with E-state index in [9.17, 15) is 5.11 Å². The van der Waals surface area contributed by atoms with E-state index in [2.05, 4.69) is 39.9 Å². The van der Waals surface area contributed by atoms with E-state index >= 15 is 0 Å². The molecule has 0 amide bonds. The Bertz CT molecular complexity index is 685. The molecule has 0 bridgehead atoms. The number of nitrogens with one attached hydrogen (secondary N) is 1. The molecule has 0 aromatic rings. The van der Waals surface area contributed by atoms with Crippen LogP contribution in [0.3, 0.4) is 0 Å². The molecular formula is C56H115NO. The topological polar surface area (TPSA) is 32.3 Å². The van der Waals surface area contributed by atoms with Crippen molar-refractivity contribution in [3.05, 3.63) is 0 Å². The lowest BCUT2D eigenvalue weighted by atomic mass is 9.88. The summed E-state index contributed by atoms with van der Waals surface area (Å²) in [4.78, 5) is 0. The Labute approximate surface area is 369 Å². The van der Waals surface area contributed by atoms with Gasteiger partial charge >= 0.3 is 0 Å². The first kappa shape index (κ1) is 57.9. The van der Waals surface area contributed by atoms with E-state index in [1.54, 1.807) is 0 Å². The number of hydrogen-bond donors (Lipinski definition) is 2. The highest BCUT2D eigenvalue weighted by Crippen LogP contribution is 2.26. The van der Waals surface area contributed by atoms with Gasteiger partial charge in [0, 0.05) is 12.6 Å². The summed E-state index contributed by atoms with van der Waals surface area (Å²) >= 11 is 0. The lowest BCUT2D eigenvalue weighted by molar-refractivity contribution is 0.280. The molecule has 0 fully saturated rings. The standard InChI is InChI=1S/C56H115NO/c1-6-8-10-12-14-16-18-20-22-24-26-28-30-32-34-36-45-55(46-37-35-33-31-29-27-25-23-21-19-17-15-13-11-9-7-2)47-38-39-48-56(57-51-40-41-52-58)50-49-54(5)44-42-43-53(3)4/h53-58H,6-52H2,1-5H3. The molecule has 0 heterocycles. The molecule has 2 unspecified atom stereocenters. The quantitative estimate of drug-likeness (QED) is 0.0599. The monoisotopic (exact) mass is 818 g/mol. The van der Waals surface area contributed by atoms with Crippen LogP contribution >= 0.6 is 0 Å². The van der Waals surface area contributed by atoms with Crippen LogP contribution in [0.15, 0.2) is 0 Å². The number of aliphatic hydroxyl groups excluding tert-OH is 1. The van der Waals surface area contributed by atoms with Gasteiger partial charge < -0.3 is 10.4 Å². The Hall–Kier alpha value is -0.0800. The van der Waals surface area contributed by atoms with E-state index in [1.165, 1.54) is 276 Å². The smallest absolute Gasteiger partial charge is 0.0431 e. The minimum Gasteiger partial charge on any atom is -0.396 e. The third-order valence-electron chi connectivity index (χ3n) is 13.9. The van der Waals surface area contributed by atoms with E-state index in [4.69, 9.17) is 0 Å². The molecular weight excluding hydrogens is 703 g/mol. The van der Waals surface area contributed by atoms with Crippen LogP contribution < -0.4 is 5.32 Å². The minimum absolute atomic E-state index is 0.333. The molecule has 2 heteroatoms. The summed E-state index contributed by atoms with van der Waals surface area (Å²) in [5.74, 6) is 2.66. The molecule has 2 nitrogen and oxygen atoms in total. The molecule has 0 aliphatic rings. The molecule has 0 aliphatic carbocycles. The van der Waals surface area contributed by atoms with Crippen molar-refractivity contribution in [1.82, 2.24) is 5.32 Å². The lowest BCUT2D eigenvalue weighted by Gasteiger charge is -2.22. The van der Waals surface area contributed by atoms with E-state index in [-0.39, 0.29) is 0 Å². The molecule has 0 aromatic heterocycles. The van der Waals surface area contributed by atoms with E-state index in [0.29, 0.717) is 12.6 Å². The summed E-state index contributed by atoms with van der Waals surface area (Å²) in [7, 11) is 0. The van der Waals surface area contributed by atoms with Crippen LogP contribution in [-0.2, 0) is 0 Å². The number of rotatable bonds is 51. The van der Waals surface area contributed by atoms with Gasteiger partial charge in [0.05, 0.1) is 0 Å². The van der Waals surface area contributed by atoms with Crippen LogP contribution in [0.2, 0.25) is 0 Å². The Balaban J connectivity index is 4.44. The zero-order valence-corrected chi connectivity index (χ0v) is 41.5. The van der Waals surface area contributed by atoms with Crippen molar-refractivity contribution >= 4 is 0 Å². The van der Waals surface area contributed by atoms with Gasteiger partial charge in [0.15, 0.2) is 0 Å². The molecule has 0 aliphatic heterocycles. The first-order valence-corrected chi connectivity index (χ1v) is 27.9. The van der Waals surface area contributed by atoms with E-state index in [0.717, 1.165) is 37.1 Å². The first-order chi connectivity index (χ1) is 28.5. The summed E-state index contributed by atoms with van der Waals surface area (Å²) in [5, 5.41) is 13.2. The zero-order valence-electron chi connectivity index (χ0n) is 41.5. The van der Waals surface area contributed by atoms with Gasteiger partial charge in [-0.3, -0.25) is 0 Å². The third-order valence-corrected chi connectivity index (χ3v) is 13.9. The fourth-order valence-electron chi connectivity index (χ4n) is 9.62. The maximum absolute atomic E-state index is 9.30. The Morgan fingerprint density at radius 1 is 0.310 bits per heavy atom. The Morgan fingerprint density at radius 2 is 0.655 bits per heavy atom. The van der Waals surface area contributed by atoms with Crippen LogP contribution in [0.5, 0.6) is 0 Å². The highest BCUT2D eigenvalue weighted by atomic mass is 16.2. The largest absolute Gasteiger partial charge is 0.396 e. The normalized spacial score (nSPS) is 13.0. The fourth-order valence-corrected chi connectivity index (χ4v) is 9.62. The predicted octanol–water partition coefficient (Wildman–Crippen LogP) is 19.4. The SMILES string of the molecule is CCCCCCCCCCCCCCCCCCC(CCCCCCCCCCCCCCCCCC)CCCCC(CCC(C)CCCC(C)C)NCCCCO. The predicted molar refractivity (Wildman–Crippen MR) is 265 cm³/mol. The second kappa shape index (κ2) is 49.6. The lowest BCUT2D eigenvalue weighted by Crippen LogP contribution is -2.30. The van der Waals surface area contributed by atoms with Gasteiger partial charge in [-0.25, -0.2) is 0 Å². The maximum atomic E-state index is 9.30. The van der Waals surface area contributed by atoms with Crippen molar-refractivity contribution < 1.29 is 5.11 Å². The molecule has 350 valence electrons. The first-order valence-electron chi connectivity index (χ1n) is 27.9. The zero-order chi connectivity index (χ0) is 42.3.